The van der Waals surface area contributed by atoms with E-state index in [4.69, 9.17) is 26.8 Å². The van der Waals surface area contributed by atoms with E-state index in [0.29, 0.717) is 35.5 Å². The number of halogens is 3. The Morgan fingerprint density at radius 2 is 1.94 bits per heavy atom. The molecular weight excluding hydrogens is 636 g/mol. The van der Waals surface area contributed by atoms with Gasteiger partial charge in [0.1, 0.15) is 45.8 Å². The fourth-order valence-corrected chi connectivity index (χ4v) is 5.86. The Morgan fingerprint density at radius 3 is 2.60 bits per heavy atom. The molecule has 0 radical (unpaired) electrons. The Kier molecular flexibility index (Phi) is 9.05. The largest absolute Gasteiger partial charge is 0.491 e. The van der Waals surface area contributed by atoms with Crippen molar-refractivity contribution in [1.82, 2.24) is 20.1 Å². The number of fused-ring (bicyclic) bond motifs is 1. The van der Waals surface area contributed by atoms with Gasteiger partial charge >= 0.3 is 0 Å². The van der Waals surface area contributed by atoms with E-state index in [0.717, 1.165) is 25.0 Å². The maximum Gasteiger partial charge on any atom is 0.251 e. The van der Waals surface area contributed by atoms with Crippen LogP contribution < -0.4 is 20.5 Å². The smallest absolute Gasteiger partial charge is 0.251 e. The third-order valence-electron chi connectivity index (χ3n) is 8.33. The van der Waals surface area contributed by atoms with Gasteiger partial charge in [-0.3, -0.25) is 14.3 Å². The van der Waals surface area contributed by atoms with Crippen molar-refractivity contribution in [3.05, 3.63) is 70.0 Å². The molecule has 0 spiro atoms. The van der Waals surface area contributed by atoms with E-state index in [1.54, 1.807) is 13.0 Å². The molecule has 4 aromatic rings. The minimum atomic E-state index is -1.75. The van der Waals surface area contributed by atoms with Gasteiger partial charge in [-0.05, 0) is 68.9 Å². The molecule has 6 rings (SSSR count). The first kappa shape index (κ1) is 32.6. The molecule has 2 fully saturated rings. The molecule has 0 bridgehead atoms. The number of ether oxygens (including phenoxy) is 2. The number of nitrogens with one attached hydrogen (secondary N) is 1. The van der Waals surface area contributed by atoms with E-state index in [-0.39, 0.29) is 72.5 Å². The van der Waals surface area contributed by atoms with Gasteiger partial charge in [-0.1, -0.05) is 11.6 Å². The fourth-order valence-electron chi connectivity index (χ4n) is 5.69. The zero-order valence-electron chi connectivity index (χ0n) is 25.6. The van der Waals surface area contributed by atoms with Crippen molar-refractivity contribution in [3.63, 3.8) is 0 Å². The number of primary amides is 1. The predicted molar refractivity (Wildman–Crippen MR) is 168 cm³/mol. The van der Waals surface area contributed by atoms with Gasteiger partial charge in [0.2, 0.25) is 5.91 Å². The van der Waals surface area contributed by atoms with Crippen LogP contribution in [-0.4, -0.2) is 63.2 Å². The Labute approximate surface area is 273 Å². The predicted octanol–water partition coefficient (Wildman–Crippen LogP) is 4.19. The van der Waals surface area contributed by atoms with Crippen molar-refractivity contribution < 1.29 is 38.1 Å². The molecule has 47 heavy (non-hydrogen) atoms. The van der Waals surface area contributed by atoms with Crippen LogP contribution in [0.1, 0.15) is 60.3 Å². The molecule has 0 saturated heterocycles. The molecule has 0 unspecified atom stereocenters. The first-order chi connectivity index (χ1) is 22.5. The van der Waals surface area contributed by atoms with Crippen LogP contribution in [-0.2, 0) is 16.8 Å². The number of nitrogens with zero attached hydrogens (tertiary/aromatic N) is 3. The van der Waals surface area contributed by atoms with Crippen LogP contribution >= 0.6 is 11.6 Å². The van der Waals surface area contributed by atoms with Gasteiger partial charge < -0.3 is 30.7 Å². The highest BCUT2D eigenvalue weighted by Crippen LogP contribution is 2.47. The van der Waals surface area contributed by atoms with E-state index >= 15 is 4.39 Å². The SMILES string of the molecule is CCOc1c(CC(N)=O)cc([C@@](O)(CNC(=O)c2cc(OCCO)c3nn(C4CC4)cc3c2)C2CC2)nc1-c1ccc(F)c(Cl)c1F. The average molecular weight is 670 g/mol. The molecule has 11 nitrogen and oxygen atoms in total. The second-order valence-electron chi connectivity index (χ2n) is 11.8. The molecule has 2 aromatic carbocycles. The molecule has 2 aliphatic carbocycles. The normalized spacial score (nSPS) is 15.8. The van der Waals surface area contributed by atoms with Crippen molar-refractivity contribution in [2.24, 2.45) is 11.7 Å². The summed E-state index contributed by atoms with van der Waals surface area (Å²) in [6, 6.07) is 7.10. The molecule has 248 valence electrons. The number of amides is 2. The van der Waals surface area contributed by atoms with Crippen molar-refractivity contribution in [3.8, 4) is 22.8 Å². The number of nitrogens with two attached hydrogens (primary N) is 1. The Bertz CT molecular complexity index is 1860. The highest BCUT2D eigenvalue weighted by Gasteiger charge is 2.47. The van der Waals surface area contributed by atoms with E-state index in [9.17, 15) is 24.2 Å². The minimum Gasteiger partial charge on any atom is -0.491 e. The molecule has 5 N–H and O–H groups in total. The van der Waals surface area contributed by atoms with Gasteiger partial charge in [-0.25, -0.2) is 13.8 Å². The van der Waals surface area contributed by atoms with Crippen LogP contribution in [0.25, 0.3) is 22.2 Å². The monoisotopic (exact) mass is 669 g/mol. The van der Waals surface area contributed by atoms with Crippen molar-refractivity contribution in [1.29, 1.82) is 0 Å². The maximum atomic E-state index is 15.4. The van der Waals surface area contributed by atoms with Crippen LogP contribution in [0.2, 0.25) is 5.02 Å². The lowest BCUT2D eigenvalue weighted by atomic mass is 9.90. The van der Waals surface area contributed by atoms with E-state index < -0.39 is 34.1 Å². The topological polar surface area (TPSA) is 162 Å². The Morgan fingerprint density at radius 1 is 1.17 bits per heavy atom. The lowest BCUT2D eigenvalue weighted by Gasteiger charge is -2.30. The third-order valence-corrected chi connectivity index (χ3v) is 8.68. The molecule has 1 atom stereocenters. The lowest BCUT2D eigenvalue weighted by molar-refractivity contribution is -0.117. The molecule has 0 aliphatic heterocycles. The summed E-state index contributed by atoms with van der Waals surface area (Å²) in [5, 5.41) is 28.9. The van der Waals surface area contributed by atoms with Gasteiger partial charge in [0.25, 0.3) is 5.91 Å². The number of rotatable bonds is 14. The summed E-state index contributed by atoms with van der Waals surface area (Å²) in [7, 11) is 0. The zero-order chi connectivity index (χ0) is 33.5. The molecular formula is C33H34ClF2N5O6. The number of aliphatic hydroxyl groups excluding tert-OH is 1. The number of hydrogen-bond acceptors (Lipinski definition) is 8. The summed E-state index contributed by atoms with van der Waals surface area (Å²) in [6.07, 6.45) is 4.78. The van der Waals surface area contributed by atoms with Gasteiger partial charge in [0, 0.05) is 28.3 Å². The van der Waals surface area contributed by atoms with Crippen LogP contribution in [0.5, 0.6) is 11.5 Å². The van der Waals surface area contributed by atoms with Crippen molar-refractivity contribution >= 4 is 34.3 Å². The van der Waals surface area contributed by atoms with E-state index in [1.165, 1.54) is 12.1 Å². The quantitative estimate of drug-likeness (QED) is 0.145. The zero-order valence-corrected chi connectivity index (χ0v) is 26.3. The molecule has 2 heterocycles. The summed E-state index contributed by atoms with van der Waals surface area (Å²) >= 11 is 5.90. The molecule has 2 aliphatic rings. The summed E-state index contributed by atoms with van der Waals surface area (Å²) in [5.74, 6) is -3.24. The van der Waals surface area contributed by atoms with Crippen LogP contribution in [0.3, 0.4) is 0 Å². The molecule has 2 aromatic heterocycles. The third kappa shape index (κ3) is 6.60. The minimum absolute atomic E-state index is 0.0110. The van der Waals surface area contributed by atoms with E-state index in [2.05, 4.69) is 15.4 Å². The van der Waals surface area contributed by atoms with E-state index in [1.807, 2.05) is 10.9 Å². The van der Waals surface area contributed by atoms with Gasteiger partial charge in [-0.2, -0.15) is 5.10 Å². The average Bonchev–Trinajstić information content (AvgIpc) is 3.99. The van der Waals surface area contributed by atoms with Crippen LogP contribution in [0, 0.1) is 17.6 Å². The van der Waals surface area contributed by atoms with Gasteiger partial charge in [0.05, 0.1) is 37.9 Å². The number of carbonyl (C=O) groups is 2. The first-order valence-corrected chi connectivity index (χ1v) is 15.8. The summed E-state index contributed by atoms with van der Waals surface area (Å²) in [4.78, 5) is 30.3. The van der Waals surface area contributed by atoms with Crippen LogP contribution in [0.15, 0.2) is 36.5 Å². The second-order valence-corrected chi connectivity index (χ2v) is 12.2. The molecule has 14 heteroatoms. The standard InChI is InChI=1S/C33H34ClF2N5O6/c1-2-46-31-17(14-26(37)43)13-25(39-30(31)22-7-8-23(35)27(34)28(22)36)33(45,20-3-4-20)16-38-32(44)18-11-19-15-41(21-5-6-21)40-29(19)24(12-18)47-10-9-42/h7-8,11-13,15,20-21,42,45H,2-6,9-10,14,16H2,1H3,(H2,37,43)(H,38,44)/t33-/m1/s1. The summed E-state index contributed by atoms with van der Waals surface area (Å²) in [6.45, 7) is 1.30. The number of pyridine rings is 1. The summed E-state index contributed by atoms with van der Waals surface area (Å²) in [5.41, 5.74) is 4.57. The highest BCUT2D eigenvalue weighted by molar-refractivity contribution is 6.31. The number of aliphatic hydroxyl groups is 2. The Balaban J connectivity index is 1.38. The highest BCUT2D eigenvalue weighted by atomic mass is 35.5. The van der Waals surface area contributed by atoms with Gasteiger partial charge in [0.15, 0.2) is 5.82 Å². The number of carbonyl (C=O) groups excluding carboxylic acids is 2. The lowest BCUT2D eigenvalue weighted by Crippen LogP contribution is -2.43. The Hall–Kier alpha value is -4.33. The molecule has 2 amide bonds. The van der Waals surface area contributed by atoms with Gasteiger partial charge in [-0.15, -0.1) is 0 Å². The van der Waals surface area contributed by atoms with Crippen LogP contribution in [0.4, 0.5) is 8.78 Å². The fraction of sp³-hybridized carbons (Fsp3) is 0.394. The number of benzene rings is 2. The van der Waals surface area contributed by atoms with Crippen molar-refractivity contribution in [2.45, 2.75) is 50.7 Å². The second kappa shape index (κ2) is 13.1. The summed E-state index contributed by atoms with van der Waals surface area (Å²) < 4.78 is 42.8. The number of aromatic nitrogens is 3. The van der Waals surface area contributed by atoms with Crippen molar-refractivity contribution in [2.75, 3.05) is 26.4 Å². The maximum absolute atomic E-state index is 15.4. The number of hydrogen-bond donors (Lipinski definition) is 4. The first-order valence-electron chi connectivity index (χ1n) is 15.4. The molecule has 2 saturated carbocycles.